The molecule has 0 bridgehead atoms. The van der Waals surface area contributed by atoms with Crippen LogP contribution >= 0.6 is 0 Å². The SMILES string of the molecule is CNS(=O)(=O)CC1CCCN1C(=O)c1cccc(F)c1. The lowest BCUT2D eigenvalue weighted by molar-refractivity contribution is 0.0748. The van der Waals surface area contributed by atoms with Crippen LogP contribution in [0.15, 0.2) is 24.3 Å². The predicted molar refractivity (Wildman–Crippen MR) is 73.3 cm³/mol. The summed E-state index contributed by atoms with van der Waals surface area (Å²) < 4.78 is 38.6. The van der Waals surface area contributed by atoms with Gasteiger partial charge in [-0.05, 0) is 38.1 Å². The van der Waals surface area contributed by atoms with Gasteiger partial charge in [-0.25, -0.2) is 17.5 Å². The topological polar surface area (TPSA) is 66.5 Å². The molecule has 0 radical (unpaired) electrons. The number of likely N-dealkylation sites (tertiary alicyclic amines) is 1. The first-order valence-corrected chi connectivity index (χ1v) is 8.06. The Morgan fingerprint density at radius 2 is 2.25 bits per heavy atom. The molecule has 1 N–H and O–H groups in total. The van der Waals surface area contributed by atoms with Crippen LogP contribution in [-0.4, -0.2) is 44.6 Å². The highest BCUT2D eigenvalue weighted by Crippen LogP contribution is 2.21. The number of amides is 1. The van der Waals surface area contributed by atoms with Gasteiger partial charge in [-0.2, -0.15) is 0 Å². The average molecular weight is 300 g/mol. The number of nitrogens with zero attached hydrogens (tertiary/aromatic N) is 1. The van der Waals surface area contributed by atoms with Crippen LogP contribution in [0.1, 0.15) is 23.2 Å². The number of nitrogens with one attached hydrogen (secondary N) is 1. The molecule has 20 heavy (non-hydrogen) atoms. The van der Waals surface area contributed by atoms with Crippen molar-refractivity contribution < 1.29 is 17.6 Å². The van der Waals surface area contributed by atoms with E-state index in [1.807, 2.05) is 0 Å². The molecule has 1 fully saturated rings. The third-order valence-electron chi connectivity index (χ3n) is 3.43. The van der Waals surface area contributed by atoms with Crippen LogP contribution in [0.5, 0.6) is 0 Å². The van der Waals surface area contributed by atoms with Crippen LogP contribution in [0.4, 0.5) is 4.39 Å². The Bertz CT molecular complexity index is 603. The molecule has 0 aromatic heterocycles. The van der Waals surface area contributed by atoms with E-state index in [4.69, 9.17) is 0 Å². The predicted octanol–water partition coefficient (Wildman–Crippen LogP) is 0.979. The monoisotopic (exact) mass is 300 g/mol. The van der Waals surface area contributed by atoms with Crippen LogP contribution in [0.25, 0.3) is 0 Å². The Morgan fingerprint density at radius 3 is 2.90 bits per heavy atom. The van der Waals surface area contributed by atoms with Gasteiger partial charge in [-0.15, -0.1) is 0 Å². The minimum Gasteiger partial charge on any atom is -0.335 e. The largest absolute Gasteiger partial charge is 0.335 e. The fraction of sp³-hybridized carbons (Fsp3) is 0.462. The van der Waals surface area contributed by atoms with Crippen molar-refractivity contribution in [2.24, 2.45) is 0 Å². The third-order valence-corrected chi connectivity index (χ3v) is 4.88. The van der Waals surface area contributed by atoms with Crippen molar-refractivity contribution >= 4 is 15.9 Å². The minimum atomic E-state index is -3.38. The molecule has 1 aliphatic heterocycles. The summed E-state index contributed by atoms with van der Waals surface area (Å²) >= 11 is 0. The van der Waals surface area contributed by atoms with Gasteiger partial charge in [-0.3, -0.25) is 4.79 Å². The summed E-state index contributed by atoms with van der Waals surface area (Å²) in [5.74, 6) is -0.919. The maximum atomic E-state index is 13.2. The summed E-state index contributed by atoms with van der Waals surface area (Å²) in [6, 6.07) is 5.09. The molecule has 1 aromatic rings. The number of halogens is 1. The van der Waals surface area contributed by atoms with E-state index in [9.17, 15) is 17.6 Å². The van der Waals surface area contributed by atoms with Crippen molar-refractivity contribution in [1.29, 1.82) is 0 Å². The van der Waals surface area contributed by atoms with Gasteiger partial charge in [0.1, 0.15) is 5.82 Å². The fourth-order valence-corrected chi connectivity index (χ4v) is 3.42. The number of hydrogen-bond donors (Lipinski definition) is 1. The summed E-state index contributed by atoms with van der Waals surface area (Å²) in [6.07, 6.45) is 1.40. The van der Waals surface area contributed by atoms with Crippen LogP contribution in [-0.2, 0) is 10.0 Å². The van der Waals surface area contributed by atoms with Crippen molar-refractivity contribution in [2.45, 2.75) is 18.9 Å². The zero-order valence-electron chi connectivity index (χ0n) is 11.2. The van der Waals surface area contributed by atoms with E-state index in [1.165, 1.54) is 36.2 Å². The molecule has 110 valence electrons. The van der Waals surface area contributed by atoms with Gasteiger partial charge in [-0.1, -0.05) is 6.07 Å². The first kappa shape index (κ1) is 14.9. The smallest absolute Gasteiger partial charge is 0.254 e. The van der Waals surface area contributed by atoms with Gasteiger partial charge in [0.25, 0.3) is 5.91 Å². The summed E-state index contributed by atoms with van der Waals surface area (Å²) in [7, 11) is -2.03. The highest BCUT2D eigenvalue weighted by atomic mass is 32.2. The number of carbonyl (C=O) groups is 1. The van der Waals surface area contributed by atoms with Gasteiger partial charge in [0.2, 0.25) is 10.0 Å². The summed E-state index contributed by atoms with van der Waals surface area (Å²) in [4.78, 5) is 13.8. The number of hydrogen-bond acceptors (Lipinski definition) is 3. The van der Waals surface area contributed by atoms with Gasteiger partial charge in [0, 0.05) is 18.2 Å². The lowest BCUT2D eigenvalue weighted by Gasteiger charge is -2.24. The first-order valence-electron chi connectivity index (χ1n) is 6.41. The van der Waals surface area contributed by atoms with Gasteiger partial charge < -0.3 is 4.90 Å². The highest BCUT2D eigenvalue weighted by Gasteiger charge is 2.32. The molecular formula is C13H17FN2O3S. The van der Waals surface area contributed by atoms with Crippen LogP contribution in [0.2, 0.25) is 0 Å². The second kappa shape index (κ2) is 5.88. The Balaban J connectivity index is 2.17. The standard InChI is InChI=1S/C13H17FN2O3S/c1-15-20(18,19)9-12-6-3-7-16(12)13(17)10-4-2-5-11(14)8-10/h2,4-5,8,12,15H,3,6-7,9H2,1H3. The molecule has 1 amide bonds. The lowest BCUT2D eigenvalue weighted by atomic mass is 10.2. The first-order chi connectivity index (χ1) is 9.43. The molecule has 0 aliphatic carbocycles. The van der Waals surface area contributed by atoms with Crippen LogP contribution in [0, 0.1) is 5.82 Å². The molecule has 1 aromatic carbocycles. The molecule has 2 rings (SSSR count). The van der Waals surface area contributed by atoms with Crippen molar-refractivity contribution in [1.82, 2.24) is 9.62 Å². The Hall–Kier alpha value is -1.47. The van der Waals surface area contributed by atoms with Gasteiger partial charge >= 0.3 is 0 Å². The van der Waals surface area contributed by atoms with E-state index in [1.54, 1.807) is 0 Å². The summed E-state index contributed by atoms with van der Waals surface area (Å²) in [5, 5.41) is 0. The fourth-order valence-electron chi connectivity index (χ4n) is 2.40. The van der Waals surface area contributed by atoms with E-state index in [0.717, 1.165) is 6.42 Å². The van der Waals surface area contributed by atoms with E-state index in [-0.39, 0.29) is 23.3 Å². The molecule has 0 saturated carbocycles. The number of benzene rings is 1. The van der Waals surface area contributed by atoms with E-state index >= 15 is 0 Å². The van der Waals surface area contributed by atoms with Gasteiger partial charge in [0.15, 0.2) is 0 Å². The zero-order valence-corrected chi connectivity index (χ0v) is 12.0. The second-order valence-electron chi connectivity index (χ2n) is 4.79. The number of rotatable bonds is 4. The molecule has 1 atom stereocenters. The lowest BCUT2D eigenvalue weighted by Crippen LogP contribution is -2.41. The Kier molecular flexibility index (Phi) is 4.39. The normalized spacial score (nSPS) is 19.3. The van der Waals surface area contributed by atoms with E-state index in [2.05, 4.69) is 4.72 Å². The number of carbonyl (C=O) groups excluding carboxylic acids is 1. The molecule has 1 unspecified atom stereocenters. The minimum absolute atomic E-state index is 0.120. The van der Waals surface area contributed by atoms with E-state index < -0.39 is 15.8 Å². The third kappa shape index (κ3) is 3.34. The zero-order chi connectivity index (χ0) is 14.8. The Morgan fingerprint density at radius 1 is 1.50 bits per heavy atom. The van der Waals surface area contributed by atoms with Crippen molar-refractivity contribution in [3.05, 3.63) is 35.6 Å². The quantitative estimate of drug-likeness (QED) is 0.901. The second-order valence-corrected chi connectivity index (χ2v) is 6.76. The maximum Gasteiger partial charge on any atom is 0.254 e. The molecule has 1 heterocycles. The van der Waals surface area contributed by atoms with Gasteiger partial charge in [0.05, 0.1) is 5.75 Å². The van der Waals surface area contributed by atoms with Crippen molar-refractivity contribution in [3.8, 4) is 0 Å². The molecule has 7 heteroatoms. The molecule has 5 nitrogen and oxygen atoms in total. The molecular weight excluding hydrogens is 283 g/mol. The average Bonchev–Trinajstić information content (AvgIpc) is 2.85. The van der Waals surface area contributed by atoms with Crippen LogP contribution in [0.3, 0.4) is 0 Å². The molecule has 0 spiro atoms. The molecule has 1 aliphatic rings. The van der Waals surface area contributed by atoms with Crippen LogP contribution < -0.4 is 4.72 Å². The van der Waals surface area contributed by atoms with Crippen molar-refractivity contribution in [3.63, 3.8) is 0 Å². The molecule has 1 saturated heterocycles. The maximum absolute atomic E-state index is 13.2. The van der Waals surface area contributed by atoms with Crippen molar-refractivity contribution in [2.75, 3.05) is 19.3 Å². The summed E-state index contributed by atoms with van der Waals surface area (Å²) in [5.41, 5.74) is 0.249. The summed E-state index contributed by atoms with van der Waals surface area (Å²) in [6.45, 7) is 0.499. The highest BCUT2D eigenvalue weighted by molar-refractivity contribution is 7.89. The van der Waals surface area contributed by atoms with E-state index in [0.29, 0.717) is 13.0 Å². The Labute approximate surface area is 117 Å². The number of sulfonamides is 1.